The predicted molar refractivity (Wildman–Crippen MR) is 80.9 cm³/mol. The van der Waals surface area contributed by atoms with Gasteiger partial charge >= 0.3 is 0 Å². The summed E-state index contributed by atoms with van der Waals surface area (Å²) in [6.07, 6.45) is 1.59. The Bertz CT molecular complexity index is 629. The molecule has 0 aliphatic carbocycles. The minimum atomic E-state index is -0.642. The Hall–Kier alpha value is -2.48. The molecule has 0 unspecified atom stereocenters. The number of nitrogens with zero attached hydrogens (tertiary/aromatic N) is 2. The molecule has 0 fully saturated rings. The highest BCUT2D eigenvalue weighted by atomic mass is 19.1. The van der Waals surface area contributed by atoms with E-state index in [4.69, 9.17) is 10.8 Å². The Morgan fingerprint density at radius 3 is 2.73 bits per heavy atom. The smallest absolute Gasteiger partial charge is 0.229 e. The van der Waals surface area contributed by atoms with Crippen molar-refractivity contribution in [3.05, 3.63) is 36.0 Å². The molecule has 1 heterocycles. The van der Waals surface area contributed by atoms with Gasteiger partial charge in [-0.05, 0) is 24.6 Å². The molecule has 1 aromatic carbocycles. The summed E-state index contributed by atoms with van der Waals surface area (Å²) in [6, 6.07) is 3.59. The Labute approximate surface area is 126 Å². The standard InChI is InChI=1S/C14H17F2N5O/c1-2-10(7-22)19-13-12(16)6-18-14(21-13)20-11-4-8(15)3-9(17)5-11/h3-6,10,22H,2,7,17H2,1H3,(H2,18,19,20,21)/t10-/m0/s1. The van der Waals surface area contributed by atoms with Crippen LogP contribution in [0.25, 0.3) is 0 Å². The Morgan fingerprint density at radius 2 is 2.09 bits per heavy atom. The van der Waals surface area contributed by atoms with Crippen LogP contribution in [0.2, 0.25) is 0 Å². The van der Waals surface area contributed by atoms with Crippen LogP contribution < -0.4 is 16.4 Å². The highest BCUT2D eigenvalue weighted by Crippen LogP contribution is 2.20. The summed E-state index contributed by atoms with van der Waals surface area (Å²) in [7, 11) is 0. The van der Waals surface area contributed by atoms with Gasteiger partial charge < -0.3 is 21.5 Å². The monoisotopic (exact) mass is 309 g/mol. The Balaban J connectivity index is 2.21. The number of aromatic nitrogens is 2. The SMILES string of the molecule is CC[C@@H](CO)Nc1nc(Nc2cc(N)cc(F)c2)ncc1F. The second-order valence-corrected chi connectivity index (χ2v) is 4.72. The highest BCUT2D eigenvalue weighted by molar-refractivity contribution is 5.60. The third-order valence-electron chi connectivity index (χ3n) is 2.97. The van der Waals surface area contributed by atoms with Gasteiger partial charge in [-0.1, -0.05) is 6.92 Å². The lowest BCUT2D eigenvalue weighted by Gasteiger charge is -2.15. The topological polar surface area (TPSA) is 96.1 Å². The summed E-state index contributed by atoms with van der Waals surface area (Å²) < 4.78 is 27.0. The number of aliphatic hydroxyl groups excluding tert-OH is 1. The van der Waals surface area contributed by atoms with Crippen molar-refractivity contribution in [3.8, 4) is 0 Å². The molecule has 0 saturated heterocycles. The molecule has 22 heavy (non-hydrogen) atoms. The summed E-state index contributed by atoms with van der Waals surface area (Å²) in [5.41, 5.74) is 6.14. The van der Waals surface area contributed by atoms with Crippen LogP contribution in [0, 0.1) is 11.6 Å². The first-order valence-electron chi connectivity index (χ1n) is 6.74. The molecule has 0 bridgehead atoms. The summed E-state index contributed by atoms with van der Waals surface area (Å²) >= 11 is 0. The molecular weight excluding hydrogens is 292 g/mol. The predicted octanol–water partition coefficient (Wildman–Crippen LogP) is 2.26. The zero-order valence-corrected chi connectivity index (χ0v) is 12.0. The number of nitrogens with one attached hydrogen (secondary N) is 2. The maximum absolute atomic E-state index is 13.7. The van der Waals surface area contributed by atoms with Gasteiger partial charge in [0.1, 0.15) is 5.82 Å². The molecule has 1 aromatic heterocycles. The molecule has 0 amide bonds. The normalized spacial score (nSPS) is 12.0. The van der Waals surface area contributed by atoms with Crippen molar-refractivity contribution >= 4 is 23.1 Å². The second-order valence-electron chi connectivity index (χ2n) is 4.72. The van der Waals surface area contributed by atoms with Crippen LogP contribution >= 0.6 is 0 Å². The fraction of sp³-hybridized carbons (Fsp3) is 0.286. The molecular formula is C14H17F2N5O. The second kappa shape index (κ2) is 6.99. The van der Waals surface area contributed by atoms with Crippen LogP contribution in [0.5, 0.6) is 0 Å². The summed E-state index contributed by atoms with van der Waals surface area (Å²) in [5, 5.41) is 14.7. The minimum absolute atomic E-state index is 0.0391. The van der Waals surface area contributed by atoms with E-state index in [9.17, 15) is 8.78 Å². The first kappa shape index (κ1) is 15.9. The number of aliphatic hydroxyl groups is 1. The van der Waals surface area contributed by atoms with Gasteiger partial charge in [-0.25, -0.2) is 13.8 Å². The average Bonchev–Trinajstić information content (AvgIpc) is 2.46. The number of hydrogen-bond donors (Lipinski definition) is 4. The molecule has 0 spiro atoms. The van der Waals surface area contributed by atoms with E-state index in [1.807, 2.05) is 6.92 Å². The number of hydrogen-bond acceptors (Lipinski definition) is 6. The molecule has 0 aliphatic rings. The van der Waals surface area contributed by atoms with Gasteiger partial charge in [0.15, 0.2) is 11.6 Å². The van der Waals surface area contributed by atoms with E-state index in [-0.39, 0.29) is 30.1 Å². The van der Waals surface area contributed by atoms with Crippen LogP contribution in [0.4, 0.5) is 31.9 Å². The quantitative estimate of drug-likeness (QED) is 0.611. The molecule has 0 aliphatic heterocycles. The maximum Gasteiger partial charge on any atom is 0.229 e. The van der Waals surface area contributed by atoms with E-state index in [1.54, 1.807) is 0 Å². The number of halogens is 2. The van der Waals surface area contributed by atoms with Crippen LogP contribution in [0.15, 0.2) is 24.4 Å². The van der Waals surface area contributed by atoms with E-state index >= 15 is 0 Å². The third kappa shape index (κ3) is 4.01. The average molecular weight is 309 g/mol. The van der Waals surface area contributed by atoms with Crippen molar-refractivity contribution in [2.24, 2.45) is 0 Å². The molecule has 2 aromatic rings. The first-order chi connectivity index (χ1) is 10.5. The van der Waals surface area contributed by atoms with Gasteiger partial charge in [0.05, 0.1) is 18.8 Å². The van der Waals surface area contributed by atoms with Gasteiger partial charge in [-0.15, -0.1) is 0 Å². The van der Waals surface area contributed by atoms with Crippen molar-refractivity contribution in [3.63, 3.8) is 0 Å². The number of nitrogens with two attached hydrogens (primary N) is 1. The van der Waals surface area contributed by atoms with E-state index < -0.39 is 11.6 Å². The Kier molecular flexibility index (Phi) is 5.05. The molecule has 0 radical (unpaired) electrons. The summed E-state index contributed by atoms with van der Waals surface area (Å²) in [4.78, 5) is 7.77. The van der Waals surface area contributed by atoms with Crippen molar-refractivity contribution in [2.75, 3.05) is 23.0 Å². The minimum Gasteiger partial charge on any atom is -0.399 e. The first-order valence-corrected chi connectivity index (χ1v) is 6.74. The van der Waals surface area contributed by atoms with Crippen molar-refractivity contribution in [1.29, 1.82) is 0 Å². The zero-order valence-electron chi connectivity index (χ0n) is 12.0. The summed E-state index contributed by atoms with van der Waals surface area (Å²) in [6.45, 7) is 1.70. The van der Waals surface area contributed by atoms with E-state index in [1.165, 1.54) is 18.2 Å². The molecule has 1 atom stereocenters. The molecule has 8 heteroatoms. The lowest BCUT2D eigenvalue weighted by Crippen LogP contribution is -2.24. The van der Waals surface area contributed by atoms with Crippen LogP contribution in [0.3, 0.4) is 0 Å². The van der Waals surface area contributed by atoms with E-state index in [0.29, 0.717) is 12.1 Å². The molecule has 118 valence electrons. The van der Waals surface area contributed by atoms with Crippen LogP contribution in [-0.4, -0.2) is 27.7 Å². The zero-order chi connectivity index (χ0) is 16.1. The molecule has 6 nitrogen and oxygen atoms in total. The maximum atomic E-state index is 13.7. The highest BCUT2D eigenvalue weighted by Gasteiger charge is 2.12. The van der Waals surface area contributed by atoms with Crippen molar-refractivity contribution < 1.29 is 13.9 Å². The largest absolute Gasteiger partial charge is 0.399 e. The number of anilines is 4. The van der Waals surface area contributed by atoms with E-state index in [0.717, 1.165) is 6.20 Å². The molecule has 5 N–H and O–H groups in total. The van der Waals surface area contributed by atoms with Gasteiger partial charge in [0.25, 0.3) is 0 Å². The van der Waals surface area contributed by atoms with Crippen LogP contribution in [0.1, 0.15) is 13.3 Å². The van der Waals surface area contributed by atoms with Gasteiger partial charge in [-0.3, -0.25) is 0 Å². The Morgan fingerprint density at radius 1 is 1.32 bits per heavy atom. The van der Waals surface area contributed by atoms with Gasteiger partial charge in [0, 0.05) is 11.4 Å². The fourth-order valence-corrected chi connectivity index (χ4v) is 1.81. The lowest BCUT2D eigenvalue weighted by molar-refractivity contribution is 0.271. The van der Waals surface area contributed by atoms with Crippen LogP contribution in [-0.2, 0) is 0 Å². The third-order valence-corrected chi connectivity index (χ3v) is 2.97. The molecule has 2 rings (SSSR count). The molecule has 0 saturated carbocycles. The lowest BCUT2D eigenvalue weighted by atomic mass is 10.2. The van der Waals surface area contributed by atoms with E-state index in [2.05, 4.69) is 20.6 Å². The van der Waals surface area contributed by atoms with Gasteiger partial charge in [-0.2, -0.15) is 4.98 Å². The number of rotatable bonds is 6. The van der Waals surface area contributed by atoms with Gasteiger partial charge in [0.2, 0.25) is 5.95 Å². The summed E-state index contributed by atoms with van der Waals surface area (Å²) in [5.74, 6) is -1.10. The fourth-order valence-electron chi connectivity index (χ4n) is 1.81. The van der Waals surface area contributed by atoms with Crippen molar-refractivity contribution in [2.45, 2.75) is 19.4 Å². The number of nitrogen functional groups attached to an aromatic ring is 1. The van der Waals surface area contributed by atoms with Crippen molar-refractivity contribution in [1.82, 2.24) is 9.97 Å². The number of benzene rings is 1.